The van der Waals surface area contributed by atoms with Crippen LogP contribution in [0.5, 0.6) is 5.75 Å². The molecule has 1 atom stereocenters. The average Bonchev–Trinajstić information content (AvgIpc) is 2.75. The molecule has 2 rings (SSSR count). The molecule has 0 spiro atoms. The van der Waals surface area contributed by atoms with Gasteiger partial charge in [-0.3, -0.25) is 9.59 Å². The van der Waals surface area contributed by atoms with Gasteiger partial charge < -0.3 is 15.0 Å². The largest absolute Gasteiger partial charge is 0.481 e. The van der Waals surface area contributed by atoms with Crippen molar-refractivity contribution in [3.63, 3.8) is 0 Å². The molecule has 0 radical (unpaired) electrons. The lowest BCUT2D eigenvalue weighted by Crippen LogP contribution is -2.50. The summed E-state index contributed by atoms with van der Waals surface area (Å²) in [4.78, 5) is 27.3. The first-order valence-corrected chi connectivity index (χ1v) is 11.0. The number of carbonyl (C=O) groups is 2. The van der Waals surface area contributed by atoms with Gasteiger partial charge in [-0.1, -0.05) is 61.7 Å². The fourth-order valence-corrected chi connectivity index (χ4v) is 3.58. The van der Waals surface area contributed by atoms with Crippen molar-refractivity contribution in [2.24, 2.45) is 0 Å². The topological polar surface area (TPSA) is 58.6 Å². The number of unbranched alkanes of at least 4 members (excludes halogenated alkanes) is 1. The highest BCUT2D eigenvalue weighted by Gasteiger charge is 2.30. The zero-order chi connectivity index (χ0) is 22.8. The second-order valence-electron chi connectivity index (χ2n) is 7.01. The number of halogens is 3. The van der Waals surface area contributed by atoms with Crippen LogP contribution in [0.3, 0.4) is 0 Å². The van der Waals surface area contributed by atoms with Crippen LogP contribution in [0.2, 0.25) is 10.0 Å². The Labute approximate surface area is 192 Å². The summed E-state index contributed by atoms with van der Waals surface area (Å²) in [5.74, 6) is -1.34. The Morgan fingerprint density at radius 1 is 1.10 bits per heavy atom. The Bertz CT molecular complexity index is 875. The third-order valence-corrected chi connectivity index (χ3v) is 5.50. The maximum absolute atomic E-state index is 13.9. The molecule has 0 fully saturated rings. The monoisotopic (exact) mass is 468 g/mol. The third kappa shape index (κ3) is 7.11. The lowest BCUT2D eigenvalue weighted by molar-refractivity contribution is -0.143. The minimum Gasteiger partial charge on any atom is -0.481 e. The molecule has 0 aliphatic carbocycles. The summed E-state index contributed by atoms with van der Waals surface area (Å²) in [6, 6.07) is 10.1. The van der Waals surface area contributed by atoms with E-state index in [0.717, 1.165) is 12.8 Å². The summed E-state index contributed by atoms with van der Waals surface area (Å²) < 4.78 is 19.3. The first kappa shape index (κ1) is 25.0. The summed E-state index contributed by atoms with van der Waals surface area (Å²) in [5.41, 5.74) is 0.532. The highest BCUT2D eigenvalue weighted by Crippen LogP contribution is 2.27. The molecule has 2 aromatic rings. The first-order chi connectivity index (χ1) is 14.9. The Kier molecular flexibility index (Phi) is 10.1. The van der Waals surface area contributed by atoms with E-state index in [-0.39, 0.29) is 18.2 Å². The highest BCUT2D eigenvalue weighted by atomic mass is 35.5. The van der Waals surface area contributed by atoms with Crippen molar-refractivity contribution >= 4 is 35.0 Å². The van der Waals surface area contributed by atoms with Gasteiger partial charge in [-0.25, -0.2) is 4.39 Å². The van der Waals surface area contributed by atoms with Gasteiger partial charge in [-0.15, -0.1) is 0 Å². The van der Waals surface area contributed by atoms with E-state index in [4.69, 9.17) is 27.9 Å². The normalized spacial score (nSPS) is 11.6. The number of hydrogen-bond acceptors (Lipinski definition) is 3. The van der Waals surface area contributed by atoms with Gasteiger partial charge in [0.1, 0.15) is 6.04 Å². The minimum absolute atomic E-state index is 0.0255. The van der Waals surface area contributed by atoms with Crippen LogP contribution < -0.4 is 10.1 Å². The SMILES string of the molecule is CCCCNC(=O)C(CC)N(Cc1c(Cl)cccc1Cl)C(=O)COc1ccccc1F. The zero-order valence-electron chi connectivity index (χ0n) is 17.7. The molecular weight excluding hydrogens is 442 g/mol. The van der Waals surface area contributed by atoms with Crippen LogP contribution in [0.4, 0.5) is 4.39 Å². The predicted octanol–water partition coefficient (Wildman–Crippen LogP) is 5.24. The smallest absolute Gasteiger partial charge is 0.261 e. The van der Waals surface area contributed by atoms with E-state index < -0.39 is 24.4 Å². The van der Waals surface area contributed by atoms with Crippen LogP contribution in [-0.2, 0) is 16.1 Å². The summed E-state index contributed by atoms with van der Waals surface area (Å²) >= 11 is 12.6. The van der Waals surface area contributed by atoms with Gasteiger partial charge >= 0.3 is 0 Å². The molecule has 8 heteroatoms. The van der Waals surface area contributed by atoms with Crippen molar-refractivity contribution < 1.29 is 18.7 Å². The molecule has 0 aromatic heterocycles. The molecular formula is C23H27Cl2FN2O3. The van der Waals surface area contributed by atoms with Gasteiger partial charge in [-0.2, -0.15) is 0 Å². The molecule has 0 bridgehead atoms. The molecule has 1 unspecified atom stereocenters. The summed E-state index contributed by atoms with van der Waals surface area (Å²) in [5, 5.41) is 3.65. The van der Waals surface area contributed by atoms with Crippen LogP contribution in [0.1, 0.15) is 38.7 Å². The number of rotatable bonds is 11. The molecule has 5 nitrogen and oxygen atoms in total. The Morgan fingerprint density at radius 3 is 2.39 bits per heavy atom. The fourth-order valence-electron chi connectivity index (χ4n) is 3.06. The van der Waals surface area contributed by atoms with Gasteiger partial charge in [-0.05, 0) is 37.1 Å². The Balaban J connectivity index is 2.26. The molecule has 2 amide bonds. The van der Waals surface area contributed by atoms with Gasteiger partial charge in [0.2, 0.25) is 5.91 Å². The summed E-state index contributed by atoms with van der Waals surface area (Å²) in [6.45, 7) is 3.96. The molecule has 0 saturated heterocycles. The van der Waals surface area contributed by atoms with Crippen molar-refractivity contribution in [1.29, 1.82) is 0 Å². The first-order valence-electron chi connectivity index (χ1n) is 10.3. The van der Waals surface area contributed by atoms with E-state index in [1.54, 1.807) is 24.3 Å². The fraction of sp³-hybridized carbons (Fsp3) is 0.391. The van der Waals surface area contributed by atoms with Gasteiger partial charge in [0, 0.05) is 28.7 Å². The van der Waals surface area contributed by atoms with Gasteiger partial charge in [0.05, 0.1) is 0 Å². The van der Waals surface area contributed by atoms with Crippen molar-refractivity contribution in [3.05, 3.63) is 63.9 Å². The number of nitrogens with zero attached hydrogens (tertiary/aromatic N) is 1. The number of ether oxygens (including phenoxy) is 1. The maximum Gasteiger partial charge on any atom is 0.261 e. The molecule has 0 aliphatic rings. The Hall–Kier alpha value is -2.31. The number of nitrogens with one attached hydrogen (secondary N) is 1. The van der Waals surface area contributed by atoms with E-state index in [0.29, 0.717) is 28.6 Å². The quantitative estimate of drug-likeness (QED) is 0.459. The second-order valence-corrected chi connectivity index (χ2v) is 7.82. The second kappa shape index (κ2) is 12.5. The van der Waals surface area contributed by atoms with E-state index in [9.17, 15) is 14.0 Å². The highest BCUT2D eigenvalue weighted by molar-refractivity contribution is 6.36. The molecule has 1 N–H and O–H groups in total. The summed E-state index contributed by atoms with van der Waals surface area (Å²) in [7, 11) is 0. The van der Waals surface area contributed by atoms with E-state index in [1.807, 2.05) is 13.8 Å². The lowest BCUT2D eigenvalue weighted by atomic mass is 10.1. The number of amides is 2. The average molecular weight is 469 g/mol. The van der Waals surface area contributed by atoms with Crippen LogP contribution in [0, 0.1) is 5.82 Å². The number of hydrogen-bond donors (Lipinski definition) is 1. The van der Waals surface area contributed by atoms with Gasteiger partial charge in [0.25, 0.3) is 5.91 Å². The lowest BCUT2D eigenvalue weighted by Gasteiger charge is -2.31. The number of carbonyl (C=O) groups excluding carboxylic acids is 2. The zero-order valence-corrected chi connectivity index (χ0v) is 19.2. The van der Waals surface area contributed by atoms with Crippen molar-refractivity contribution in [2.75, 3.05) is 13.2 Å². The molecule has 2 aromatic carbocycles. The van der Waals surface area contributed by atoms with Crippen LogP contribution in [0.25, 0.3) is 0 Å². The molecule has 0 aliphatic heterocycles. The summed E-state index contributed by atoms with van der Waals surface area (Å²) in [6.07, 6.45) is 2.15. The van der Waals surface area contributed by atoms with Crippen molar-refractivity contribution in [2.45, 2.75) is 45.7 Å². The standard InChI is InChI=1S/C23H27Cl2FN2O3/c1-3-5-13-27-23(30)20(4-2)28(14-16-17(24)9-8-10-18(16)25)22(29)15-31-21-12-7-6-11-19(21)26/h6-12,20H,3-5,13-15H2,1-2H3,(H,27,30). The molecule has 168 valence electrons. The van der Waals surface area contributed by atoms with Crippen LogP contribution in [0.15, 0.2) is 42.5 Å². The molecule has 0 saturated carbocycles. The van der Waals surface area contributed by atoms with E-state index in [1.165, 1.54) is 23.1 Å². The van der Waals surface area contributed by atoms with Crippen LogP contribution in [-0.4, -0.2) is 35.9 Å². The predicted molar refractivity (Wildman–Crippen MR) is 121 cm³/mol. The van der Waals surface area contributed by atoms with Crippen molar-refractivity contribution in [1.82, 2.24) is 10.2 Å². The number of para-hydroxylation sites is 1. The van der Waals surface area contributed by atoms with Gasteiger partial charge in [0.15, 0.2) is 18.2 Å². The Morgan fingerprint density at radius 2 is 1.77 bits per heavy atom. The van der Waals surface area contributed by atoms with E-state index in [2.05, 4.69) is 5.32 Å². The van der Waals surface area contributed by atoms with Crippen LogP contribution >= 0.6 is 23.2 Å². The van der Waals surface area contributed by atoms with Crippen molar-refractivity contribution in [3.8, 4) is 5.75 Å². The molecule has 31 heavy (non-hydrogen) atoms. The molecule has 0 heterocycles. The van der Waals surface area contributed by atoms with E-state index >= 15 is 0 Å². The maximum atomic E-state index is 13.9. The third-order valence-electron chi connectivity index (χ3n) is 4.79. The minimum atomic E-state index is -0.749. The number of benzene rings is 2.